The number of ether oxygens (including phenoxy) is 2. The zero-order valence-electron chi connectivity index (χ0n) is 10.8. The Morgan fingerprint density at radius 1 is 1.47 bits per heavy atom. The third-order valence-electron chi connectivity index (χ3n) is 3.35. The molecule has 0 aromatic heterocycles. The fourth-order valence-corrected chi connectivity index (χ4v) is 2.57. The molecule has 0 saturated carbocycles. The molecule has 0 aromatic carbocycles. The molecule has 17 heavy (non-hydrogen) atoms. The van der Waals surface area contributed by atoms with Crippen LogP contribution >= 0.6 is 0 Å². The number of amides is 1. The molecule has 5 nitrogen and oxygen atoms in total. The van der Waals surface area contributed by atoms with Crippen LogP contribution < -0.4 is 5.73 Å². The van der Waals surface area contributed by atoms with Gasteiger partial charge in [0, 0.05) is 31.2 Å². The van der Waals surface area contributed by atoms with Gasteiger partial charge < -0.3 is 20.1 Å². The van der Waals surface area contributed by atoms with Crippen LogP contribution in [-0.2, 0) is 9.47 Å². The summed E-state index contributed by atoms with van der Waals surface area (Å²) < 4.78 is 10.8. The van der Waals surface area contributed by atoms with E-state index in [2.05, 4.69) is 0 Å². The quantitative estimate of drug-likeness (QED) is 0.687. The molecule has 2 fully saturated rings. The molecular weight excluding hydrogens is 220 g/mol. The van der Waals surface area contributed by atoms with Crippen molar-refractivity contribution in [3.8, 4) is 0 Å². The lowest BCUT2D eigenvalue weighted by molar-refractivity contribution is -0.00438. The van der Waals surface area contributed by atoms with Gasteiger partial charge in [0.25, 0.3) is 0 Å². The third kappa shape index (κ3) is 2.72. The molecule has 5 heteroatoms. The molecule has 2 heterocycles. The second-order valence-electron chi connectivity index (χ2n) is 5.89. The zero-order valence-corrected chi connectivity index (χ0v) is 10.8. The minimum atomic E-state index is -0.454. The Bertz CT molecular complexity index is 301. The molecular formula is C12H22N2O3. The smallest absolute Gasteiger partial charge is 0.410 e. The van der Waals surface area contributed by atoms with Gasteiger partial charge in [-0.05, 0) is 27.2 Å². The summed E-state index contributed by atoms with van der Waals surface area (Å²) in [7, 11) is 0. The van der Waals surface area contributed by atoms with Crippen LogP contribution in [0.1, 0.15) is 27.2 Å². The lowest BCUT2D eigenvalue weighted by Gasteiger charge is -2.33. The Hall–Kier alpha value is -0.810. The normalized spacial score (nSPS) is 33.4. The Labute approximate surface area is 102 Å². The monoisotopic (exact) mass is 242 g/mol. The van der Waals surface area contributed by atoms with Crippen molar-refractivity contribution in [2.24, 2.45) is 11.7 Å². The number of nitrogens with zero attached hydrogens (tertiary/aromatic N) is 1. The Kier molecular flexibility index (Phi) is 3.32. The lowest BCUT2D eigenvalue weighted by Crippen LogP contribution is -2.44. The Morgan fingerprint density at radius 3 is 2.82 bits per heavy atom. The molecule has 98 valence electrons. The first kappa shape index (κ1) is 12.6. The van der Waals surface area contributed by atoms with Crippen molar-refractivity contribution >= 4 is 6.09 Å². The van der Waals surface area contributed by atoms with Gasteiger partial charge in [0.15, 0.2) is 0 Å². The van der Waals surface area contributed by atoms with Crippen molar-refractivity contribution in [2.45, 2.75) is 44.9 Å². The summed E-state index contributed by atoms with van der Waals surface area (Å²) in [5.41, 5.74) is 5.60. The summed E-state index contributed by atoms with van der Waals surface area (Å²) in [4.78, 5) is 13.8. The molecule has 1 amide bonds. The molecule has 3 unspecified atom stereocenters. The van der Waals surface area contributed by atoms with Gasteiger partial charge >= 0.3 is 6.09 Å². The van der Waals surface area contributed by atoms with E-state index in [4.69, 9.17) is 15.2 Å². The zero-order chi connectivity index (χ0) is 12.6. The summed E-state index contributed by atoms with van der Waals surface area (Å²) in [6.45, 7) is 7.57. The Balaban J connectivity index is 2.04. The van der Waals surface area contributed by atoms with Gasteiger partial charge in [-0.1, -0.05) is 0 Å². The van der Waals surface area contributed by atoms with E-state index in [0.717, 1.165) is 6.42 Å². The molecule has 2 aliphatic heterocycles. The largest absolute Gasteiger partial charge is 0.444 e. The summed E-state index contributed by atoms with van der Waals surface area (Å²) in [6, 6.07) is 0.196. The minimum Gasteiger partial charge on any atom is -0.444 e. The number of likely N-dealkylation sites (tertiary alicyclic amines) is 1. The molecule has 0 aliphatic carbocycles. The molecule has 3 atom stereocenters. The maximum absolute atomic E-state index is 12.1. The first-order valence-corrected chi connectivity index (χ1v) is 6.21. The number of fused-ring (bicyclic) bond motifs is 1. The Morgan fingerprint density at radius 2 is 2.18 bits per heavy atom. The third-order valence-corrected chi connectivity index (χ3v) is 3.35. The van der Waals surface area contributed by atoms with E-state index in [0.29, 0.717) is 19.8 Å². The van der Waals surface area contributed by atoms with Gasteiger partial charge in [-0.15, -0.1) is 0 Å². The molecule has 2 rings (SSSR count). The van der Waals surface area contributed by atoms with E-state index in [9.17, 15) is 4.79 Å². The summed E-state index contributed by atoms with van der Waals surface area (Å²) in [5.74, 6) is 0.260. The van der Waals surface area contributed by atoms with Crippen LogP contribution in [0.5, 0.6) is 0 Å². The number of hydrogen-bond donors (Lipinski definition) is 1. The van der Waals surface area contributed by atoms with Crippen LogP contribution in [-0.4, -0.2) is 48.4 Å². The molecule has 0 bridgehead atoms. The molecule has 0 aromatic rings. The molecule has 2 N–H and O–H groups in total. The van der Waals surface area contributed by atoms with Crippen LogP contribution in [0.15, 0.2) is 0 Å². The predicted octanol–water partition coefficient (Wildman–Crippen LogP) is 0.969. The van der Waals surface area contributed by atoms with E-state index in [1.807, 2.05) is 20.8 Å². The van der Waals surface area contributed by atoms with Gasteiger partial charge in [0.05, 0.1) is 6.61 Å². The number of rotatable bonds is 0. The number of nitrogens with two attached hydrogens (primary N) is 1. The summed E-state index contributed by atoms with van der Waals surface area (Å²) in [5, 5.41) is 0. The van der Waals surface area contributed by atoms with Gasteiger partial charge in [0.1, 0.15) is 5.60 Å². The van der Waals surface area contributed by atoms with Gasteiger partial charge in [-0.2, -0.15) is 0 Å². The second kappa shape index (κ2) is 4.46. The predicted molar refractivity (Wildman–Crippen MR) is 63.6 cm³/mol. The van der Waals surface area contributed by atoms with Crippen molar-refractivity contribution in [1.29, 1.82) is 0 Å². The number of hydrogen-bond acceptors (Lipinski definition) is 4. The van der Waals surface area contributed by atoms with E-state index >= 15 is 0 Å². The van der Waals surface area contributed by atoms with Crippen molar-refractivity contribution in [2.75, 3.05) is 19.8 Å². The van der Waals surface area contributed by atoms with Crippen molar-refractivity contribution in [3.05, 3.63) is 0 Å². The van der Waals surface area contributed by atoms with Crippen LogP contribution in [0, 0.1) is 5.92 Å². The van der Waals surface area contributed by atoms with E-state index < -0.39 is 5.60 Å². The van der Waals surface area contributed by atoms with E-state index in [-0.39, 0.29) is 24.1 Å². The van der Waals surface area contributed by atoms with Gasteiger partial charge in [0.2, 0.25) is 0 Å². The van der Waals surface area contributed by atoms with E-state index in [1.165, 1.54) is 0 Å². The minimum absolute atomic E-state index is 0.00724. The van der Waals surface area contributed by atoms with Crippen molar-refractivity contribution in [1.82, 2.24) is 4.90 Å². The molecule has 0 spiro atoms. The standard InChI is InChI=1S/C12H22N2O3/c1-12(2,3)17-11(15)14-6-9(13)8-7-16-5-4-10(8)14/h8-10H,4-7,13H2,1-3H3. The fourth-order valence-electron chi connectivity index (χ4n) is 2.57. The van der Waals surface area contributed by atoms with Crippen LogP contribution in [0.3, 0.4) is 0 Å². The van der Waals surface area contributed by atoms with Crippen LogP contribution in [0.25, 0.3) is 0 Å². The highest BCUT2D eigenvalue weighted by Gasteiger charge is 2.45. The number of carbonyl (C=O) groups is 1. The average molecular weight is 242 g/mol. The summed E-state index contributed by atoms with van der Waals surface area (Å²) >= 11 is 0. The highest BCUT2D eigenvalue weighted by atomic mass is 16.6. The highest BCUT2D eigenvalue weighted by molar-refractivity contribution is 5.69. The molecule has 2 saturated heterocycles. The summed E-state index contributed by atoms with van der Waals surface area (Å²) in [6.07, 6.45) is 0.611. The maximum Gasteiger partial charge on any atom is 0.410 e. The van der Waals surface area contributed by atoms with Gasteiger partial charge in [-0.3, -0.25) is 0 Å². The molecule has 2 aliphatic rings. The van der Waals surface area contributed by atoms with Crippen LogP contribution in [0.2, 0.25) is 0 Å². The van der Waals surface area contributed by atoms with Crippen LogP contribution in [0.4, 0.5) is 4.79 Å². The highest BCUT2D eigenvalue weighted by Crippen LogP contribution is 2.30. The van der Waals surface area contributed by atoms with Crippen molar-refractivity contribution < 1.29 is 14.3 Å². The topological polar surface area (TPSA) is 64.8 Å². The maximum atomic E-state index is 12.1. The lowest BCUT2D eigenvalue weighted by atomic mass is 9.94. The SMILES string of the molecule is CC(C)(C)OC(=O)N1CC(N)C2COCCC21. The molecule has 0 radical (unpaired) electrons. The van der Waals surface area contributed by atoms with Crippen molar-refractivity contribution in [3.63, 3.8) is 0 Å². The average Bonchev–Trinajstić information content (AvgIpc) is 2.55. The fraction of sp³-hybridized carbons (Fsp3) is 0.917. The second-order valence-corrected chi connectivity index (χ2v) is 5.89. The first-order chi connectivity index (χ1) is 7.88. The van der Waals surface area contributed by atoms with E-state index in [1.54, 1.807) is 4.90 Å². The number of carbonyl (C=O) groups excluding carboxylic acids is 1. The van der Waals surface area contributed by atoms with Gasteiger partial charge in [-0.25, -0.2) is 4.79 Å². The first-order valence-electron chi connectivity index (χ1n) is 6.21.